The Morgan fingerprint density at radius 3 is 2.68 bits per heavy atom. The van der Waals surface area contributed by atoms with Crippen LogP contribution >= 0.6 is 0 Å². The number of hydrogen-bond donors (Lipinski definition) is 2. The molecule has 1 amide bonds. The molecule has 3 N–H and O–H groups in total. The van der Waals surface area contributed by atoms with Gasteiger partial charge in [0.25, 0.3) is 5.78 Å². The van der Waals surface area contributed by atoms with Crippen molar-refractivity contribution in [3.05, 3.63) is 23.8 Å². The summed E-state index contributed by atoms with van der Waals surface area (Å²) in [5.41, 5.74) is 7.07. The normalized spacial score (nSPS) is 26.1. The fraction of sp³-hybridized carbons (Fsp3) is 0.684. The molecule has 2 aromatic heterocycles. The lowest BCUT2D eigenvalue weighted by molar-refractivity contribution is -0.183. The van der Waals surface area contributed by atoms with E-state index in [-0.39, 0.29) is 37.4 Å². The molecule has 3 heterocycles. The second kappa shape index (κ2) is 7.95. The molecule has 0 aromatic carbocycles. The number of nitrogens with one attached hydrogen (secondary N) is 1. The summed E-state index contributed by atoms with van der Waals surface area (Å²) in [4.78, 5) is 20.5. The molecular formula is C19H23F5N6O. The van der Waals surface area contributed by atoms with Gasteiger partial charge in [0.15, 0.2) is 0 Å². The Morgan fingerprint density at radius 1 is 1.29 bits per heavy atom. The fourth-order valence-electron chi connectivity index (χ4n) is 4.33. The average molecular weight is 446 g/mol. The molecule has 2 aromatic rings. The van der Waals surface area contributed by atoms with Gasteiger partial charge in [-0.15, -0.1) is 0 Å². The van der Waals surface area contributed by atoms with Crippen molar-refractivity contribution in [1.82, 2.24) is 24.9 Å². The first-order valence-corrected chi connectivity index (χ1v) is 10.2. The number of rotatable bonds is 4. The van der Waals surface area contributed by atoms with Crippen LogP contribution in [0.1, 0.15) is 49.5 Å². The third kappa shape index (κ3) is 4.78. The first-order chi connectivity index (χ1) is 14.5. The van der Waals surface area contributed by atoms with Crippen molar-refractivity contribution < 1.29 is 26.7 Å². The highest BCUT2D eigenvalue weighted by molar-refractivity contribution is 5.79. The van der Waals surface area contributed by atoms with Crippen molar-refractivity contribution >= 4 is 11.7 Å². The number of alkyl halides is 5. The van der Waals surface area contributed by atoms with Crippen molar-refractivity contribution in [2.24, 2.45) is 23.5 Å². The minimum Gasteiger partial charge on any atom is -0.355 e. The predicted octanol–water partition coefficient (Wildman–Crippen LogP) is 2.81. The third-order valence-electron chi connectivity index (χ3n) is 6.25. The number of hydrogen-bond acceptors (Lipinski definition) is 5. The largest absolute Gasteiger partial charge is 0.393 e. The SMILES string of the molecule is N[C@H](c1cn2nc(CC3C[C@H](C(F)(F)F)CNC3=O)cnc2n1)C1CCC(F)(F)CC1. The lowest BCUT2D eigenvalue weighted by Gasteiger charge is -2.31. The molecule has 1 saturated heterocycles. The summed E-state index contributed by atoms with van der Waals surface area (Å²) in [7, 11) is 0. The molecule has 31 heavy (non-hydrogen) atoms. The van der Waals surface area contributed by atoms with Crippen molar-refractivity contribution in [3.8, 4) is 0 Å². The second-order valence-corrected chi connectivity index (χ2v) is 8.50. The predicted molar refractivity (Wildman–Crippen MR) is 99.0 cm³/mol. The number of halogens is 5. The molecule has 2 aliphatic rings. The van der Waals surface area contributed by atoms with E-state index in [4.69, 9.17) is 5.73 Å². The minimum absolute atomic E-state index is 0.0125. The van der Waals surface area contributed by atoms with Crippen molar-refractivity contribution in [2.45, 2.75) is 56.7 Å². The topological polar surface area (TPSA) is 98.2 Å². The number of piperidine rings is 1. The average Bonchev–Trinajstić information content (AvgIpc) is 3.11. The van der Waals surface area contributed by atoms with Crippen molar-refractivity contribution in [2.75, 3.05) is 6.54 Å². The van der Waals surface area contributed by atoms with E-state index in [1.165, 1.54) is 10.7 Å². The van der Waals surface area contributed by atoms with E-state index in [0.29, 0.717) is 24.2 Å². The monoisotopic (exact) mass is 446 g/mol. The maximum atomic E-state index is 13.4. The Hall–Kier alpha value is -2.37. The Bertz CT molecular complexity index is 951. The van der Waals surface area contributed by atoms with Crippen LogP contribution in [0.15, 0.2) is 12.4 Å². The molecule has 0 bridgehead atoms. The fourth-order valence-corrected chi connectivity index (χ4v) is 4.33. The summed E-state index contributed by atoms with van der Waals surface area (Å²) in [6.07, 6.45) is -1.55. The number of imidazole rings is 1. The summed E-state index contributed by atoms with van der Waals surface area (Å²) >= 11 is 0. The van der Waals surface area contributed by atoms with E-state index in [2.05, 4.69) is 20.4 Å². The van der Waals surface area contributed by atoms with E-state index < -0.39 is 42.4 Å². The summed E-state index contributed by atoms with van der Waals surface area (Å²) in [6, 6.07) is -0.542. The van der Waals surface area contributed by atoms with Gasteiger partial charge in [-0.2, -0.15) is 18.3 Å². The van der Waals surface area contributed by atoms with Gasteiger partial charge in [0.2, 0.25) is 11.8 Å². The molecule has 3 atom stereocenters. The van der Waals surface area contributed by atoms with Crippen LogP contribution in [0.2, 0.25) is 0 Å². The highest BCUT2D eigenvalue weighted by Gasteiger charge is 2.44. The number of fused-ring (bicyclic) bond motifs is 1. The molecule has 1 aliphatic heterocycles. The highest BCUT2D eigenvalue weighted by Crippen LogP contribution is 2.40. The van der Waals surface area contributed by atoms with Crippen LogP contribution in [-0.2, 0) is 11.2 Å². The third-order valence-corrected chi connectivity index (χ3v) is 6.25. The second-order valence-electron chi connectivity index (χ2n) is 8.50. The van der Waals surface area contributed by atoms with Crippen LogP contribution in [0.3, 0.4) is 0 Å². The van der Waals surface area contributed by atoms with Crippen LogP contribution in [0.25, 0.3) is 5.78 Å². The molecule has 170 valence electrons. The highest BCUT2D eigenvalue weighted by atomic mass is 19.4. The number of aromatic nitrogens is 4. The van der Waals surface area contributed by atoms with E-state index >= 15 is 0 Å². The van der Waals surface area contributed by atoms with Crippen LogP contribution < -0.4 is 11.1 Å². The summed E-state index contributed by atoms with van der Waals surface area (Å²) in [5.74, 6) is -5.42. The van der Waals surface area contributed by atoms with Gasteiger partial charge in [-0.25, -0.2) is 23.3 Å². The van der Waals surface area contributed by atoms with Gasteiger partial charge >= 0.3 is 6.18 Å². The zero-order chi connectivity index (χ0) is 22.4. The van der Waals surface area contributed by atoms with Gasteiger partial charge in [-0.1, -0.05) is 0 Å². The summed E-state index contributed by atoms with van der Waals surface area (Å²) in [5, 5.41) is 6.63. The molecule has 1 saturated carbocycles. The Labute approximate surface area is 174 Å². The van der Waals surface area contributed by atoms with E-state index in [1.54, 1.807) is 6.20 Å². The Kier molecular flexibility index (Phi) is 5.61. The zero-order valence-electron chi connectivity index (χ0n) is 16.6. The van der Waals surface area contributed by atoms with Gasteiger partial charge < -0.3 is 11.1 Å². The van der Waals surface area contributed by atoms with E-state index in [0.717, 1.165) is 0 Å². The number of nitrogens with zero attached hydrogens (tertiary/aromatic N) is 4. The first-order valence-electron chi connectivity index (χ1n) is 10.2. The molecule has 0 radical (unpaired) electrons. The quantitative estimate of drug-likeness (QED) is 0.704. The number of carbonyl (C=O) groups excluding carboxylic acids is 1. The maximum absolute atomic E-state index is 13.4. The van der Waals surface area contributed by atoms with Crippen LogP contribution in [0, 0.1) is 17.8 Å². The molecular weight excluding hydrogens is 423 g/mol. The molecule has 1 aliphatic carbocycles. The Morgan fingerprint density at radius 2 is 2.00 bits per heavy atom. The number of carbonyl (C=O) groups is 1. The first kappa shape index (κ1) is 21.8. The minimum atomic E-state index is -4.37. The van der Waals surface area contributed by atoms with Crippen molar-refractivity contribution in [1.29, 1.82) is 0 Å². The molecule has 12 heteroatoms. The lowest BCUT2D eigenvalue weighted by Crippen LogP contribution is -2.47. The van der Waals surface area contributed by atoms with Crippen molar-refractivity contribution in [3.63, 3.8) is 0 Å². The molecule has 7 nitrogen and oxygen atoms in total. The summed E-state index contributed by atoms with van der Waals surface area (Å²) in [6.45, 7) is -0.417. The number of amides is 1. The molecule has 0 spiro atoms. The lowest BCUT2D eigenvalue weighted by atomic mass is 9.81. The van der Waals surface area contributed by atoms with Gasteiger partial charge in [0, 0.05) is 31.7 Å². The zero-order valence-corrected chi connectivity index (χ0v) is 16.6. The molecule has 4 rings (SSSR count). The van der Waals surface area contributed by atoms with Gasteiger partial charge in [0.1, 0.15) is 0 Å². The van der Waals surface area contributed by atoms with Crippen LogP contribution in [0.4, 0.5) is 22.0 Å². The van der Waals surface area contributed by atoms with Gasteiger partial charge in [-0.05, 0) is 25.2 Å². The van der Waals surface area contributed by atoms with E-state index in [1.807, 2.05) is 0 Å². The van der Waals surface area contributed by atoms with Crippen LogP contribution in [0.5, 0.6) is 0 Å². The van der Waals surface area contributed by atoms with Gasteiger partial charge in [0.05, 0.1) is 35.7 Å². The number of nitrogens with two attached hydrogens (primary N) is 1. The van der Waals surface area contributed by atoms with E-state index in [9.17, 15) is 26.7 Å². The summed E-state index contributed by atoms with van der Waals surface area (Å²) < 4.78 is 67.2. The molecule has 1 unspecified atom stereocenters. The van der Waals surface area contributed by atoms with Gasteiger partial charge in [-0.3, -0.25) is 4.79 Å². The maximum Gasteiger partial charge on any atom is 0.393 e. The standard InChI is InChI=1S/C19H23F5N6O/c20-18(21)3-1-10(2-4-18)15(25)14-9-30-17(28-14)27-8-13(29-30)6-11-5-12(19(22,23)24)7-26-16(11)31/h8-12,15H,1-7,25H2,(H,26,31)/t11?,12-,15-/m0/s1. The smallest absolute Gasteiger partial charge is 0.355 e. The van der Waals surface area contributed by atoms with Crippen LogP contribution in [-0.4, -0.2) is 44.1 Å². The molecule has 2 fully saturated rings. The Balaban J connectivity index is 1.47.